The lowest BCUT2D eigenvalue weighted by atomic mass is 9.98. The maximum Gasteiger partial charge on any atom is 0.277 e. The van der Waals surface area contributed by atoms with E-state index < -0.39 is 0 Å². The highest BCUT2D eigenvalue weighted by Gasteiger charge is 2.29. The molecule has 0 N–H and O–H groups in total. The highest BCUT2D eigenvalue weighted by Crippen LogP contribution is 2.25. The van der Waals surface area contributed by atoms with Gasteiger partial charge in [-0.3, -0.25) is 4.79 Å². The van der Waals surface area contributed by atoms with E-state index in [1.54, 1.807) is 0 Å². The molecule has 0 spiro atoms. The SMILES string of the molecule is Cc1cc(C)cc(OCc2nnc(SCC(=O)N3[C@H](C)CCC[C@@H]3C)o2)c1. The summed E-state index contributed by atoms with van der Waals surface area (Å²) in [5, 5.41) is 8.43. The molecule has 1 fully saturated rings. The molecule has 0 unspecified atom stereocenters. The van der Waals surface area contributed by atoms with Crippen LogP contribution in [0.3, 0.4) is 0 Å². The molecule has 27 heavy (non-hydrogen) atoms. The molecular weight excluding hydrogens is 362 g/mol. The Morgan fingerprint density at radius 2 is 1.85 bits per heavy atom. The Kier molecular flexibility index (Phi) is 6.42. The van der Waals surface area contributed by atoms with Crippen LogP contribution in [0, 0.1) is 13.8 Å². The normalized spacial score (nSPS) is 19.9. The van der Waals surface area contributed by atoms with Crippen LogP contribution < -0.4 is 4.74 Å². The Balaban J connectivity index is 1.51. The van der Waals surface area contributed by atoms with Crippen molar-refractivity contribution in [1.29, 1.82) is 0 Å². The number of ether oxygens (including phenoxy) is 1. The molecule has 1 aliphatic rings. The predicted octanol–water partition coefficient (Wildman–Crippen LogP) is 4.15. The third-order valence-corrected chi connectivity index (χ3v) is 5.61. The number of amides is 1. The first kappa shape index (κ1) is 19.7. The number of likely N-dealkylation sites (tertiary alicyclic amines) is 1. The van der Waals surface area contributed by atoms with Crippen LogP contribution in [0.4, 0.5) is 0 Å². The summed E-state index contributed by atoms with van der Waals surface area (Å²) in [6.45, 7) is 8.51. The highest BCUT2D eigenvalue weighted by atomic mass is 32.2. The molecule has 2 heterocycles. The van der Waals surface area contributed by atoms with Gasteiger partial charge in [-0.2, -0.15) is 0 Å². The Labute approximate surface area is 164 Å². The van der Waals surface area contributed by atoms with Crippen molar-refractivity contribution in [3.63, 3.8) is 0 Å². The summed E-state index contributed by atoms with van der Waals surface area (Å²) in [5.41, 5.74) is 2.29. The van der Waals surface area contributed by atoms with Crippen LogP contribution >= 0.6 is 11.8 Å². The monoisotopic (exact) mass is 389 g/mol. The second-order valence-electron chi connectivity index (χ2n) is 7.29. The van der Waals surface area contributed by atoms with Gasteiger partial charge in [-0.05, 0) is 70.2 Å². The second-order valence-corrected chi connectivity index (χ2v) is 8.22. The van der Waals surface area contributed by atoms with E-state index in [4.69, 9.17) is 9.15 Å². The minimum Gasteiger partial charge on any atom is -0.484 e. The predicted molar refractivity (Wildman–Crippen MR) is 105 cm³/mol. The minimum absolute atomic E-state index is 0.130. The van der Waals surface area contributed by atoms with Crippen molar-refractivity contribution in [1.82, 2.24) is 15.1 Å². The van der Waals surface area contributed by atoms with Gasteiger partial charge in [0, 0.05) is 12.1 Å². The van der Waals surface area contributed by atoms with Crippen LogP contribution in [-0.2, 0) is 11.4 Å². The Hall–Kier alpha value is -2.02. The number of carbonyl (C=O) groups excluding carboxylic acids is 1. The van der Waals surface area contributed by atoms with Crippen LogP contribution in [-0.4, -0.2) is 38.8 Å². The fourth-order valence-electron chi connectivity index (χ4n) is 3.63. The van der Waals surface area contributed by atoms with E-state index in [1.807, 2.05) is 30.9 Å². The van der Waals surface area contributed by atoms with Crippen molar-refractivity contribution in [3.05, 3.63) is 35.2 Å². The van der Waals surface area contributed by atoms with E-state index in [9.17, 15) is 4.79 Å². The number of rotatable bonds is 6. The molecule has 3 rings (SSSR count). The van der Waals surface area contributed by atoms with Gasteiger partial charge in [0.15, 0.2) is 6.61 Å². The van der Waals surface area contributed by atoms with E-state index in [1.165, 1.54) is 18.2 Å². The Morgan fingerprint density at radius 3 is 2.52 bits per heavy atom. The molecule has 0 saturated carbocycles. The lowest BCUT2D eigenvalue weighted by Gasteiger charge is -2.39. The summed E-state index contributed by atoms with van der Waals surface area (Å²) >= 11 is 1.29. The van der Waals surface area contributed by atoms with Gasteiger partial charge in [0.25, 0.3) is 11.1 Å². The molecular formula is C20H27N3O3S. The molecule has 1 aromatic carbocycles. The number of carbonyl (C=O) groups is 1. The lowest BCUT2D eigenvalue weighted by Crippen LogP contribution is -2.48. The maximum absolute atomic E-state index is 12.6. The quantitative estimate of drug-likeness (QED) is 0.692. The summed E-state index contributed by atoms with van der Waals surface area (Å²) < 4.78 is 11.3. The Bertz CT molecular complexity index is 762. The summed E-state index contributed by atoms with van der Waals surface area (Å²) in [6, 6.07) is 6.63. The third-order valence-electron chi connectivity index (χ3n) is 4.81. The van der Waals surface area contributed by atoms with Gasteiger partial charge in [-0.1, -0.05) is 17.8 Å². The molecule has 1 aromatic heterocycles. The van der Waals surface area contributed by atoms with Gasteiger partial charge in [0.1, 0.15) is 5.75 Å². The number of benzene rings is 1. The summed E-state index contributed by atoms with van der Waals surface area (Å²) in [7, 11) is 0. The molecule has 1 aliphatic heterocycles. The zero-order valence-electron chi connectivity index (χ0n) is 16.4. The van der Waals surface area contributed by atoms with Crippen molar-refractivity contribution in [2.45, 2.75) is 70.9 Å². The van der Waals surface area contributed by atoms with Crippen molar-refractivity contribution < 1.29 is 13.9 Å². The first-order valence-electron chi connectivity index (χ1n) is 9.40. The van der Waals surface area contributed by atoms with Crippen LogP contribution in [0.5, 0.6) is 5.75 Å². The van der Waals surface area contributed by atoms with Crippen LogP contribution in [0.15, 0.2) is 27.8 Å². The molecule has 2 aromatic rings. The second kappa shape index (κ2) is 8.78. The van der Waals surface area contributed by atoms with Crippen molar-refractivity contribution >= 4 is 17.7 Å². The number of thioether (sulfide) groups is 1. The molecule has 1 amide bonds. The molecule has 0 aliphatic carbocycles. The first-order chi connectivity index (χ1) is 12.9. The molecule has 0 radical (unpaired) electrons. The van der Waals surface area contributed by atoms with Crippen LogP contribution in [0.2, 0.25) is 0 Å². The first-order valence-corrected chi connectivity index (χ1v) is 10.4. The van der Waals surface area contributed by atoms with Gasteiger partial charge in [0.2, 0.25) is 5.91 Å². The van der Waals surface area contributed by atoms with Crippen molar-refractivity contribution in [2.75, 3.05) is 5.75 Å². The summed E-state index contributed by atoms with van der Waals surface area (Å²) in [5.74, 6) is 1.63. The topological polar surface area (TPSA) is 68.5 Å². The summed E-state index contributed by atoms with van der Waals surface area (Å²) in [6.07, 6.45) is 3.33. The molecule has 1 saturated heterocycles. The number of nitrogens with zero attached hydrogens (tertiary/aromatic N) is 3. The fourth-order valence-corrected chi connectivity index (χ4v) is 4.28. The number of piperidine rings is 1. The third kappa shape index (κ3) is 5.25. The minimum atomic E-state index is 0.130. The van der Waals surface area contributed by atoms with E-state index in [0.717, 1.165) is 29.7 Å². The smallest absolute Gasteiger partial charge is 0.277 e. The van der Waals surface area contributed by atoms with Crippen molar-refractivity contribution in [3.8, 4) is 5.75 Å². The van der Waals surface area contributed by atoms with E-state index in [-0.39, 0.29) is 12.5 Å². The molecule has 146 valence electrons. The van der Waals surface area contributed by atoms with Gasteiger partial charge in [-0.15, -0.1) is 10.2 Å². The number of hydrogen-bond acceptors (Lipinski definition) is 6. The van der Waals surface area contributed by atoms with E-state index in [2.05, 4.69) is 30.1 Å². The van der Waals surface area contributed by atoms with Gasteiger partial charge in [0.05, 0.1) is 5.75 Å². The highest BCUT2D eigenvalue weighted by molar-refractivity contribution is 7.99. The summed E-state index contributed by atoms with van der Waals surface area (Å²) in [4.78, 5) is 14.6. The van der Waals surface area contributed by atoms with Gasteiger partial charge < -0.3 is 14.1 Å². The molecule has 6 nitrogen and oxygen atoms in total. The molecule has 2 atom stereocenters. The average Bonchev–Trinajstić information content (AvgIpc) is 3.05. The van der Waals surface area contributed by atoms with E-state index in [0.29, 0.717) is 29.0 Å². The zero-order chi connectivity index (χ0) is 19.4. The number of aromatic nitrogens is 2. The zero-order valence-corrected chi connectivity index (χ0v) is 17.2. The number of hydrogen-bond donors (Lipinski definition) is 0. The van der Waals surface area contributed by atoms with Crippen LogP contribution in [0.1, 0.15) is 50.1 Å². The average molecular weight is 390 g/mol. The van der Waals surface area contributed by atoms with E-state index >= 15 is 0 Å². The van der Waals surface area contributed by atoms with Crippen molar-refractivity contribution in [2.24, 2.45) is 0 Å². The van der Waals surface area contributed by atoms with Gasteiger partial charge >= 0.3 is 0 Å². The lowest BCUT2D eigenvalue weighted by molar-refractivity contribution is -0.134. The molecule has 7 heteroatoms. The fraction of sp³-hybridized carbons (Fsp3) is 0.550. The number of aryl methyl sites for hydroxylation is 2. The molecule has 0 bridgehead atoms. The van der Waals surface area contributed by atoms with Gasteiger partial charge in [-0.25, -0.2) is 0 Å². The Morgan fingerprint density at radius 1 is 1.19 bits per heavy atom. The maximum atomic E-state index is 12.6. The standard InChI is InChI=1S/C20H27N3O3S/c1-13-8-14(2)10-17(9-13)25-11-18-21-22-20(26-18)27-12-19(24)23-15(3)6-5-7-16(23)4/h8-10,15-16H,5-7,11-12H2,1-4H3/t15-,16+. The largest absolute Gasteiger partial charge is 0.484 e. The van der Waals surface area contributed by atoms with Crippen LogP contribution in [0.25, 0.3) is 0 Å².